The van der Waals surface area contributed by atoms with Gasteiger partial charge in [-0.15, -0.1) is 6.58 Å². The van der Waals surface area contributed by atoms with Gasteiger partial charge in [-0.3, -0.25) is 0 Å². The van der Waals surface area contributed by atoms with E-state index in [1.807, 2.05) is 18.2 Å². The lowest BCUT2D eigenvalue weighted by molar-refractivity contribution is 0.414. The minimum Gasteiger partial charge on any atom is -0.497 e. The maximum atomic E-state index is 5.15. The van der Waals surface area contributed by atoms with E-state index >= 15 is 0 Å². The molecule has 0 amide bonds. The van der Waals surface area contributed by atoms with Crippen LogP contribution in [-0.4, -0.2) is 19.2 Å². The lowest BCUT2D eigenvalue weighted by atomic mass is 10.1. The Morgan fingerprint density at radius 1 is 1.22 bits per heavy atom. The standard InChI is InChI=1S/C16H25NO/c1-5-6-13(2)17-14(3)7-8-15-9-11-16(18-4)12-10-15/h5,9-14,17H,1,6-8H2,2-4H3. The molecule has 0 bridgehead atoms. The van der Waals surface area contributed by atoms with Crippen molar-refractivity contribution in [1.82, 2.24) is 5.32 Å². The second kappa shape index (κ2) is 7.93. The number of ether oxygens (including phenoxy) is 1. The summed E-state index contributed by atoms with van der Waals surface area (Å²) in [7, 11) is 1.70. The van der Waals surface area contributed by atoms with Gasteiger partial charge in [0.15, 0.2) is 0 Å². The number of nitrogens with one attached hydrogen (secondary N) is 1. The summed E-state index contributed by atoms with van der Waals surface area (Å²) in [4.78, 5) is 0. The summed E-state index contributed by atoms with van der Waals surface area (Å²) in [6, 6.07) is 9.36. The summed E-state index contributed by atoms with van der Waals surface area (Å²) in [5.74, 6) is 0.921. The second-order valence-electron chi connectivity index (χ2n) is 4.88. The highest BCUT2D eigenvalue weighted by molar-refractivity contribution is 5.27. The predicted molar refractivity (Wildman–Crippen MR) is 78.2 cm³/mol. The van der Waals surface area contributed by atoms with Crippen LogP contribution in [0.15, 0.2) is 36.9 Å². The van der Waals surface area contributed by atoms with Gasteiger partial charge in [0, 0.05) is 12.1 Å². The van der Waals surface area contributed by atoms with Crippen molar-refractivity contribution >= 4 is 0 Å². The average Bonchev–Trinajstić information content (AvgIpc) is 2.37. The lowest BCUT2D eigenvalue weighted by Crippen LogP contribution is -2.34. The summed E-state index contributed by atoms with van der Waals surface area (Å²) >= 11 is 0. The van der Waals surface area contributed by atoms with Crippen molar-refractivity contribution in [3.63, 3.8) is 0 Å². The van der Waals surface area contributed by atoms with Crippen LogP contribution in [0.5, 0.6) is 5.75 Å². The molecule has 0 radical (unpaired) electrons. The maximum absolute atomic E-state index is 5.15. The zero-order valence-electron chi connectivity index (χ0n) is 11.8. The zero-order chi connectivity index (χ0) is 13.4. The Hall–Kier alpha value is -1.28. The molecule has 0 aliphatic rings. The van der Waals surface area contributed by atoms with Gasteiger partial charge in [-0.2, -0.15) is 0 Å². The average molecular weight is 247 g/mol. The van der Waals surface area contributed by atoms with E-state index in [-0.39, 0.29) is 0 Å². The third-order valence-electron chi connectivity index (χ3n) is 3.11. The molecular formula is C16H25NO. The fourth-order valence-electron chi connectivity index (χ4n) is 2.06. The van der Waals surface area contributed by atoms with E-state index < -0.39 is 0 Å². The van der Waals surface area contributed by atoms with Crippen LogP contribution in [0.2, 0.25) is 0 Å². The monoisotopic (exact) mass is 247 g/mol. The lowest BCUT2D eigenvalue weighted by Gasteiger charge is -2.18. The molecule has 0 spiro atoms. The summed E-state index contributed by atoms with van der Waals surface area (Å²) in [5.41, 5.74) is 1.36. The Labute approximate surface area is 111 Å². The van der Waals surface area contributed by atoms with Gasteiger partial charge in [0.05, 0.1) is 7.11 Å². The van der Waals surface area contributed by atoms with Crippen LogP contribution < -0.4 is 10.1 Å². The van der Waals surface area contributed by atoms with Crippen molar-refractivity contribution in [3.8, 4) is 5.75 Å². The van der Waals surface area contributed by atoms with E-state index in [0.29, 0.717) is 12.1 Å². The van der Waals surface area contributed by atoms with Crippen molar-refractivity contribution in [3.05, 3.63) is 42.5 Å². The van der Waals surface area contributed by atoms with Crippen LogP contribution in [0.4, 0.5) is 0 Å². The van der Waals surface area contributed by atoms with E-state index in [9.17, 15) is 0 Å². The number of methoxy groups -OCH3 is 1. The molecule has 0 aliphatic heterocycles. The molecule has 2 unspecified atom stereocenters. The molecule has 100 valence electrons. The molecule has 2 atom stereocenters. The van der Waals surface area contributed by atoms with E-state index in [2.05, 4.69) is 37.9 Å². The summed E-state index contributed by atoms with van der Waals surface area (Å²) < 4.78 is 5.15. The maximum Gasteiger partial charge on any atom is 0.118 e. The molecule has 2 heteroatoms. The number of aryl methyl sites for hydroxylation is 1. The quantitative estimate of drug-likeness (QED) is 0.709. The first-order valence-electron chi connectivity index (χ1n) is 6.65. The molecule has 0 heterocycles. The molecule has 1 rings (SSSR count). The predicted octanol–water partition coefficient (Wildman–Crippen LogP) is 3.57. The third kappa shape index (κ3) is 5.37. The van der Waals surface area contributed by atoms with Gasteiger partial charge in [0.25, 0.3) is 0 Å². The van der Waals surface area contributed by atoms with Crippen molar-refractivity contribution in [2.75, 3.05) is 7.11 Å². The third-order valence-corrected chi connectivity index (χ3v) is 3.11. The molecule has 1 aromatic rings. The zero-order valence-corrected chi connectivity index (χ0v) is 11.8. The number of rotatable bonds is 8. The fourth-order valence-corrected chi connectivity index (χ4v) is 2.06. The minimum absolute atomic E-state index is 0.508. The highest BCUT2D eigenvalue weighted by Crippen LogP contribution is 2.13. The van der Waals surface area contributed by atoms with E-state index in [1.165, 1.54) is 5.56 Å². The van der Waals surface area contributed by atoms with Gasteiger partial charge in [-0.25, -0.2) is 0 Å². The highest BCUT2D eigenvalue weighted by Gasteiger charge is 2.06. The van der Waals surface area contributed by atoms with Crippen LogP contribution >= 0.6 is 0 Å². The molecular weight excluding hydrogens is 222 g/mol. The van der Waals surface area contributed by atoms with Gasteiger partial charge < -0.3 is 10.1 Å². The Bertz CT molecular complexity index is 345. The van der Waals surface area contributed by atoms with Crippen LogP contribution in [-0.2, 0) is 6.42 Å². The summed E-state index contributed by atoms with van der Waals surface area (Å²) in [6.45, 7) is 8.21. The van der Waals surface area contributed by atoms with E-state index in [4.69, 9.17) is 4.74 Å². The van der Waals surface area contributed by atoms with Gasteiger partial charge >= 0.3 is 0 Å². The molecule has 1 N–H and O–H groups in total. The van der Waals surface area contributed by atoms with Crippen molar-refractivity contribution in [2.45, 2.75) is 45.2 Å². The first-order valence-corrected chi connectivity index (χ1v) is 6.65. The number of benzene rings is 1. The van der Waals surface area contributed by atoms with Gasteiger partial charge in [-0.1, -0.05) is 18.2 Å². The van der Waals surface area contributed by atoms with Crippen LogP contribution in [0.1, 0.15) is 32.3 Å². The second-order valence-corrected chi connectivity index (χ2v) is 4.88. The summed E-state index contributed by atoms with van der Waals surface area (Å²) in [5, 5.41) is 3.58. The van der Waals surface area contributed by atoms with Crippen LogP contribution in [0.3, 0.4) is 0 Å². The van der Waals surface area contributed by atoms with Crippen LogP contribution in [0, 0.1) is 0 Å². The van der Waals surface area contributed by atoms with Gasteiger partial charge in [0.2, 0.25) is 0 Å². The van der Waals surface area contributed by atoms with Crippen molar-refractivity contribution in [1.29, 1.82) is 0 Å². The highest BCUT2D eigenvalue weighted by atomic mass is 16.5. The molecule has 0 aromatic heterocycles. The van der Waals surface area contributed by atoms with Crippen LogP contribution in [0.25, 0.3) is 0 Å². The molecule has 0 aliphatic carbocycles. The smallest absolute Gasteiger partial charge is 0.118 e. The number of hydrogen-bond donors (Lipinski definition) is 1. The SMILES string of the molecule is C=CCC(C)NC(C)CCc1ccc(OC)cc1. The first kappa shape index (κ1) is 14.8. The van der Waals surface area contributed by atoms with Crippen molar-refractivity contribution < 1.29 is 4.74 Å². The minimum atomic E-state index is 0.508. The Kier molecular flexibility index (Phi) is 6.51. The summed E-state index contributed by atoms with van der Waals surface area (Å²) in [6.07, 6.45) is 5.23. The molecule has 18 heavy (non-hydrogen) atoms. The Morgan fingerprint density at radius 3 is 2.44 bits per heavy atom. The molecule has 0 saturated heterocycles. The van der Waals surface area contributed by atoms with Crippen molar-refractivity contribution in [2.24, 2.45) is 0 Å². The van der Waals surface area contributed by atoms with Gasteiger partial charge in [0.1, 0.15) is 5.75 Å². The Balaban J connectivity index is 2.32. The topological polar surface area (TPSA) is 21.3 Å². The fraction of sp³-hybridized carbons (Fsp3) is 0.500. The first-order chi connectivity index (χ1) is 8.65. The normalized spacial score (nSPS) is 13.9. The Morgan fingerprint density at radius 2 is 1.89 bits per heavy atom. The largest absolute Gasteiger partial charge is 0.497 e. The molecule has 1 aromatic carbocycles. The number of hydrogen-bond acceptors (Lipinski definition) is 2. The van der Waals surface area contributed by atoms with E-state index in [0.717, 1.165) is 25.0 Å². The van der Waals surface area contributed by atoms with Gasteiger partial charge in [-0.05, 0) is 50.8 Å². The van der Waals surface area contributed by atoms with E-state index in [1.54, 1.807) is 7.11 Å². The molecule has 2 nitrogen and oxygen atoms in total. The molecule has 0 fully saturated rings. The molecule has 0 saturated carbocycles.